The van der Waals surface area contributed by atoms with E-state index in [2.05, 4.69) is 25.6 Å². The molecule has 0 unspecified atom stereocenters. The smallest absolute Gasteiger partial charge is 0.240 e. The number of benzene rings is 2. The van der Waals surface area contributed by atoms with Crippen molar-refractivity contribution in [3.05, 3.63) is 70.7 Å². The van der Waals surface area contributed by atoms with Crippen molar-refractivity contribution in [3.8, 4) is 11.4 Å². The van der Waals surface area contributed by atoms with Gasteiger partial charge in [0.15, 0.2) is 0 Å². The van der Waals surface area contributed by atoms with Gasteiger partial charge in [-0.25, -0.2) is 18.1 Å². The van der Waals surface area contributed by atoms with E-state index < -0.39 is 10.0 Å². The zero-order valence-corrected chi connectivity index (χ0v) is 16.7. The van der Waals surface area contributed by atoms with Gasteiger partial charge in [-0.1, -0.05) is 18.2 Å². The second-order valence-corrected chi connectivity index (χ2v) is 8.22. The van der Waals surface area contributed by atoms with Crippen LogP contribution in [0, 0.1) is 6.92 Å². The molecule has 3 rings (SSSR count). The molecule has 0 aliphatic carbocycles. The van der Waals surface area contributed by atoms with Gasteiger partial charge in [0.25, 0.3) is 0 Å². The van der Waals surface area contributed by atoms with E-state index in [4.69, 9.17) is 4.74 Å². The zero-order chi connectivity index (χ0) is 18.7. The lowest BCUT2D eigenvalue weighted by Crippen LogP contribution is -2.24. The van der Waals surface area contributed by atoms with E-state index in [1.807, 2.05) is 42.0 Å². The molecule has 0 amide bonds. The Hall–Kier alpha value is -2.16. The number of hydrogen-bond acceptors (Lipinski definition) is 4. The minimum absolute atomic E-state index is 0.166. The molecule has 0 fully saturated rings. The van der Waals surface area contributed by atoms with Gasteiger partial charge in [-0.2, -0.15) is 0 Å². The van der Waals surface area contributed by atoms with Crippen LogP contribution in [-0.4, -0.2) is 25.1 Å². The third kappa shape index (κ3) is 3.82. The molecule has 0 aliphatic rings. The normalized spacial score (nSPS) is 11.5. The predicted molar refractivity (Wildman–Crippen MR) is 103 cm³/mol. The maximum atomic E-state index is 12.6. The molecule has 26 heavy (non-hydrogen) atoms. The van der Waals surface area contributed by atoms with E-state index in [0.717, 1.165) is 17.1 Å². The fourth-order valence-corrected chi connectivity index (χ4v) is 4.32. The Kier molecular flexibility index (Phi) is 5.45. The van der Waals surface area contributed by atoms with E-state index in [1.54, 1.807) is 12.3 Å². The van der Waals surface area contributed by atoms with Gasteiger partial charge < -0.3 is 9.30 Å². The molecule has 1 aromatic heterocycles. The summed E-state index contributed by atoms with van der Waals surface area (Å²) in [5, 5.41) is 0. The number of nitrogens with zero attached hydrogens (tertiary/aromatic N) is 2. The Morgan fingerprint density at radius 2 is 2.00 bits per heavy atom. The van der Waals surface area contributed by atoms with Crippen LogP contribution in [0.5, 0.6) is 5.75 Å². The number of nitrogens with one attached hydrogen (secondary N) is 1. The lowest BCUT2D eigenvalue weighted by molar-refractivity contribution is 0.411. The molecule has 3 aromatic rings. The quantitative estimate of drug-likeness (QED) is 0.643. The molecule has 0 bridgehead atoms. The number of aryl methyl sites for hydroxylation is 1. The van der Waals surface area contributed by atoms with Crippen molar-refractivity contribution in [1.29, 1.82) is 0 Å². The molecule has 136 valence electrons. The number of ether oxygens (including phenoxy) is 1. The molecular formula is C18H18BrN3O3S. The lowest BCUT2D eigenvalue weighted by Gasteiger charge is -2.13. The van der Waals surface area contributed by atoms with Crippen LogP contribution in [0.3, 0.4) is 0 Å². The van der Waals surface area contributed by atoms with Gasteiger partial charge in [0, 0.05) is 18.9 Å². The zero-order valence-electron chi connectivity index (χ0n) is 14.3. The van der Waals surface area contributed by atoms with E-state index in [9.17, 15) is 8.42 Å². The molecule has 0 saturated carbocycles. The molecule has 0 saturated heterocycles. The van der Waals surface area contributed by atoms with Gasteiger partial charge >= 0.3 is 0 Å². The number of sulfonamides is 1. The van der Waals surface area contributed by atoms with E-state index in [1.165, 1.54) is 19.2 Å². The standard InChI is InChI=1S/C18H18BrN3O3S/c1-13-20-9-10-22(13)17-6-4-3-5-14(17)12-21-26(23,24)15-7-8-18(25-2)16(19)11-15/h3-11,21H,12H2,1-2H3. The van der Waals surface area contributed by atoms with E-state index in [0.29, 0.717) is 10.2 Å². The molecular weight excluding hydrogens is 418 g/mol. The molecule has 8 heteroatoms. The van der Waals surface area contributed by atoms with Crippen LogP contribution in [-0.2, 0) is 16.6 Å². The molecule has 0 atom stereocenters. The summed E-state index contributed by atoms with van der Waals surface area (Å²) in [6.45, 7) is 2.07. The van der Waals surface area contributed by atoms with Crippen LogP contribution >= 0.6 is 15.9 Å². The van der Waals surface area contributed by atoms with Crippen molar-refractivity contribution in [3.63, 3.8) is 0 Å². The first-order valence-corrected chi connectivity index (χ1v) is 10.1. The maximum absolute atomic E-state index is 12.6. The summed E-state index contributed by atoms with van der Waals surface area (Å²) in [6, 6.07) is 12.3. The summed E-state index contributed by atoms with van der Waals surface area (Å²) in [7, 11) is -2.13. The number of methoxy groups -OCH3 is 1. The molecule has 1 heterocycles. The van der Waals surface area contributed by atoms with Crippen molar-refractivity contribution in [1.82, 2.24) is 14.3 Å². The van der Waals surface area contributed by atoms with Gasteiger partial charge in [0.2, 0.25) is 10.0 Å². The minimum atomic E-state index is -3.66. The SMILES string of the molecule is COc1ccc(S(=O)(=O)NCc2ccccc2-n2ccnc2C)cc1Br. The second kappa shape index (κ2) is 7.61. The van der Waals surface area contributed by atoms with Gasteiger partial charge in [-0.3, -0.25) is 0 Å². The molecule has 2 aromatic carbocycles. The van der Waals surface area contributed by atoms with Crippen LogP contribution in [0.2, 0.25) is 0 Å². The monoisotopic (exact) mass is 435 g/mol. The minimum Gasteiger partial charge on any atom is -0.496 e. The summed E-state index contributed by atoms with van der Waals surface area (Å²) < 4.78 is 35.6. The Morgan fingerprint density at radius 3 is 2.65 bits per heavy atom. The fraction of sp³-hybridized carbons (Fsp3) is 0.167. The fourth-order valence-electron chi connectivity index (χ4n) is 2.60. The summed E-state index contributed by atoms with van der Waals surface area (Å²) in [5.74, 6) is 1.41. The average Bonchev–Trinajstić information content (AvgIpc) is 3.06. The van der Waals surface area contributed by atoms with Crippen molar-refractivity contribution in [2.24, 2.45) is 0 Å². The predicted octanol–water partition coefficient (Wildman–Crippen LogP) is 3.43. The second-order valence-electron chi connectivity index (χ2n) is 5.59. The number of para-hydroxylation sites is 1. The van der Waals surface area contributed by atoms with Crippen LogP contribution in [0.1, 0.15) is 11.4 Å². The van der Waals surface area contributed by atoms with Gasteiger partial charge in [0.05, 0.1) is 22.2 Å². The first-order chi connectivity index (χ1) is 12.4. The molecule has 0 radical (unpaired) electrons. The highest BCUT2D eigenvalue weighted by Gasteiger charge is 2.17. The Balaban J connectivity index is 1.85. The van der Waals surface area contributed by atoms with Crippen molar-refractivity contribution < 1.29 is 13.2 Å². The topological polar surface area (TPSA) is 73.2 Å². The summed E-state index contributed by atoms with van der Waals surface area (Å²) in [4.78, 5) is 4.39. The van der Waals surface area contributed by atoms with Crippen molar-refractivity contribution in [2.45, 2.75) is 18.4 Å². The Morgan fingerprint density at radius 1 is 1.23 bits per heavy atom. The van der Waals surface area contributed by atoms with E-state index in [-0.39, 0.29) is 11.4 Å². The third-order valence-corrected chi connectivity index (χ3v) is 5.98. The summed E-state index contributed by atoms with van der Waals surface area (Å²) in [6.07, 6.45) is 3.56. The van der Waals surface area contributed by atoms with Crippen LogP contribution in [0.25, 0.3) is 5.69 Å². The number of rotatable bonds is 6. The Labute approximate surface area is 161 Å². The summed E-state index contributed by atoms with van der Waals surface area (Å²) >= 11 is 3.31. The van der Waals surface area contributed by atoms with E-state index >= 15 is 0 Å². The van der Waals surface area contributed by atoms with Gasteiger partial charge in [-0.05, 0) is 52.7 Å². The van der Waals surface area contributed by atoms with Gasteiger partial charge in [0.1, 0.15) is 11.6 Å². The highest BCUT2D eigenvalue weighted by molar-refractivity contribution is 9.10. The molecule has 1 N–H and O–H groups in total. The average molecular weight is 436 g/mol. The van der Waals surface area contributed by atoms with Crippen molar-refractivity contribution in [2.75, 3.05) is 7.11 Å². The number of halogens is 1. The number of aromatic nitrogens is 2. The Bertz CT molecular complexity index is 1030. The van der Waals surface area contributed by atoms with Crippen molar-refractivity contribution >= 4 is 26.0 Å². The number of imidazole rings is 1. The lowest BCUT2D eigenvalue weighted by atomic mass is 10.2. The molecule has 6 nitrogen and oxygen atoms in total. The number of hydrogen-bond donors (Lipinski definition) is 1. The highest BCUT2D eigenvalue weighted by atomic mass is 79.9. The third-order valence-electron chi connectivity index (χ3n) is 3.96. The first-order valence-electron chi connectivity index (χ1n) is 7.84. The largest absolute Gasteiger partial charge is 0.496 e. The first kappa shape index (κ1) is 18.6. The molecule has 0 spiro atoms. The van der Waals surface area contributed by atoms with Crippen LogP contribution < -0.4 is 9.46 Å². The summed E-state index contributed by atoms with van der Waals surface area (Å²) in [5.41, 5.74) is 1.74. The maximum Gasteiger partial charge on any atom is 0.240 e. The van der Waals surface area contributed by atoms with Gasteiger partial charge in [-0.15, -0.1) is 0 Å². The molecule has 0 aliphatic heterocycles. The highest BCUT2D eigenvalue weighted by Crippen LogP contribution is 2.27. The van der Waals surface area contributed by atoms with Crippen LogP contribution in [0.4, 0.5) is 0 Å². The van der Waals surface area contributed by atoms with Crippen LogP contribution in [0.15, 0.2) is 64.2 Å².